The van der Waals surface area contributed by atoms with Crippen molar-refractivity contribution in [2.45, 2.75) is 12.5 Å². The monoisotopic (exact) mass is 433 g/mol. The predicted octanol–water partition coefficient (Wildman–Crippen LogP) is 2.44. The molecule has 2 amide bonds. The lowest BCUT2D eigenvalue weighted by molar-refractivity contribution is -0.123. The average molecular weight is 434 g/mol. The van der Waals surface area contributed by atoms with Gasteiger partial charge in [0.15, 0.2) is 0 Å². The number of nitrogens with zero attached hydrogens (tertiary/aromatic N) is 3. The van der Waals surface area contributed by atoms with Crippen LogP contribution in [0.2, 0.25) is 0 Å². The van der Waals surface area contributed by atoms with E-state index in [9.17, 15) is 14.4 Å². The van der Waals surface area contributed by atoms with Crippen LogP contribution < -0.4 is 4.90 Å². The van der Waals surface area contributed by atoms with E-state index < -0.39 is 12.0 Å². The highest BCUT2D eigenvalue weighted by molar-refractivity contribution is 6.22. The van der Waals surface area contributed by atoms with Gasteiger partial charge in [0.2, 0.25) is 5.91 Å². The number of amides is 2. The lowest BCUT2D eigenvalue weighted by atomic mass is 10.1. The molecule has 2 aromatic carbocycles. The van der Waals surface area contributed by atoms with Crippen LogP contribution in [0.4, 0.5) is 5.69 Å². The molecule has 2 fully saturated rings. The highest BCUT2D eigenvalue weighted by Crippen LogP contribution is 2.26. The van der Waals surface area contributed by atoms with Crippen LogP contribution in [0.5, 0.6) is 0 Å². The van der Waals surface area contributed by atoms with Crippen LogP contribution in [-0.2, 0) is 14.3 Å². The third-order valence-electron chi connectivity index (χ3n) is 5.99. The van der Waals surface area contributed by atoms with E-state index in [2.05, 4.69) is 34.1 Å². The fourth-order valence-corrected chi connectivity index (χ4v) is 4.20. The van der Waals surface area contributed by atoms with Gasteiger partial charge in [0.1, 0.15) is 0 Å². The standard InChI is InChI=1S/C25H27N3O4/c1-32-25(31)20-9-11-21(12-10-20)28-23(29)18-22(24(28)30)27-16-14-26(15-17-27)13-5-8-19-6-3-2-4-7-19/h2-12,22H,13-18H2,1H3/b8-5+. The van der Waals surface area contributed by atoms with E-state index in [0.717, 1.165) is 32.7 Å². The number of hydrogen-bond donors (Lipinski definition) is 0. The average Bonchev–Trinajstić information content (AvgIpc) is 3.13. The Bertz CT molecular complexity index is 996. The fraction of sp³-hybridized carbons (Fsp3) is 0.320. The number of imide groups is 1. The van der Waals surface area contributed by atoms with Crippen LogP contribution in [0.3, 0.4) is 0 Å². The number of benzene rings is 2. The molecule has 2 saturated heterocycles. The van der Waals surface area contributed by atoms with E-state index in [1.807, 2.05) is 18.2 Å². The molecule has 2 aliphatic heterocycles. The molecule has 0 spiro atoms. The van der Waals surface area contributed by atoms with Crippen molar-refractivity contribution < 1.29 is 19.1 Å². The first-order chi connectivity index (χ1) is 15.6. The summed E-state index contributed by atoms with van der Waals surface area (Å²) in [6.45, 7) is 4.06. The van der Waals surface area contributed by atoms with Gasteiger partial charge in [0, 0.05) is 32.7 Å². The number of carbonyl (C=O) groups excluding carboxylic acids is 3. The molecule has 2 aliphatic rings. The Kier molecular flexibility index (Phi) is 6.78. The number of hydrogen-bond acceptors (Lipinski definition) is 6. The summed E-state index contributed by atoms with van der Waals surface area (Å²) < 4.78 is 4.69. The molecule has 0 N–H and O–H groups in total. The summed E-state index contributed by atoms with van der Waals surface area (Å²) in [5.41, 5.74) is 2.05. The number of esters is 1. The molecule has 0 saturated carbocycles. The molecule has 2 aromatic rings. The molecule has 7 nitrogen and oxygen atoms in total. The highest BCUT2D eigenvalue weighted by Gasteiger charge is 2.43. The summed E-state index contributed by atoms with van der Waals surface area (Å²) >= 11 is 0. The number of anilines is 1. The third kappa shape index (κ3) is 4.79. The summed E-state index contributed by atoms with van der Waals surface area (Å²) in [6.07, 6.45) is 4.47. The van der Waals surface area contributed by atoms with Gasteiger partial charge in [-0.15, -0.1) is 0 Å². The Balaban J connectivity index is 1.32. The fourth-order valence-electron chi connectivity index (χ4n) is 4.20. The Hall–Kier alpha value is -3.29. The topological polar surface area (TPSA) is 70.2 Å². The van der Waals surface area contributed by atoms with Gasteiger partial charge in [0.05, 0.1) is 30.8 Å². The van der Waals surface area contributed by atoms with Crippen molar-refractivity contribution in [1.82, 2.24) is 9.80 Å². The van der Waals surface area contributed by atoms with E-state index in [1.165, 1.54) is 17.6 Å². The zero-order chi connectivity index (χ0) is 22.5. The van der Waals surface area contributed by atoms with Crippen LogP contribution in [0.25, 0.3) is 6.08 Å². The van der Waals surface area contributed by atoms with Crippen molar-refractivity contribution in [3.8, 4) is 0 Å². The molecule has 0 bridgehead atoms. The van der Waals surface area contributed by atoms with E-state index >= 15 is 0 Å². The smallest absolute Gasteiger partial charge is 0.337 e. The molecule has 4 rings (SSSR count). The minimum Gasteiger partial charge on any atom is -0.465 e. The van der Waals surface area contributed by atoms with Crippen molar-refractivity contribution in [2.75, 3.05) is 44.7 Å². The van der Waals surface area contributed by atoms with Crippen LogP contribution in [-0.4, -0.2) is 73.5 Å². The van der Waals surface area contributed by atoms with E-state index in [-0.39, 0.29) is 18.2 Å². The molecular weight excluding hydrogens is 406 g/mol. The predicted molar refractivity (Wildman–Crippen MR) is 122 cm³/mol. The molecule has 166 valence electrons. The third-order valence-corrected chi connectivity index (χ3v) is 5.99. The van der Waals surface area contributed by atoms with Crippen LogP contribution in [0, 0.1) is 0 Å². The van der Waals surface area contributed by atoms with Crippen molar-refractivity contribution in [3.05, 3.63) is 71.8 Å². The number of methoxy groups -OCH3 is 1. The summed E-state index contributed by atoms with van der Waals surface area (Å²) in [4.78, 5) is 43.0. The normalized spacial score (nSPS) is 20.3. The maximum absolute atomic E-state index is 13.0. The van der Waals surface area contributed by atoms with Crippen LogP contribution in [0.1, 0.15) is 22.3 Å². The summed E-state index contributed by atoms with van der Waals surface area (Å²) in [7, 11) is 1.31. The zero-order valence-corrected chi connectivity index (χ0v) is 18.1. The second-order valence-electron chi connectivity index (χ2n) is 7.98. The first-order valence-electron chi connectivity index (χ1n) is 10.8. The van der Waals surface area contributed by atoms with Crippen LogP contribution in [0.15, 0.2) is 60.7 Å². The maximum atomic E-state index is 13.0. The van der Waals surface area contributed by atoms with Gasteiger partial charge in [-0.05, 0) is 29.8 Å². The van der Waals surface area contributed by atoms with Gasteiger partial charge in [-0.2, -0.15) is 0 Å². The van der Waals surface area contributed by atoms with Gasteiger partial charge < -0.3 is 4.74 Å². The quantitative estimate of drug-likeness (QED) is 0.515. The summed E-state index contributed by atoms with van der Waals surface area (Å²) in [6, 6.07) is 16.1. The number of rotatable bonds is 6. The minimum absolute atomic E-state index is 0.186. The minimum atomic E-state index is -0.454. The lowest BCUT2D eigenvalue weighted by Gasteiger charge is -2.36. The first-order valence-corrected chi connectivity index (χ1v) is 10.8. The number of carbonyl (C=O) groups is 3. The first kappa shape index (κ1) is 21.9. The Labute approximate surface area is 187 Å². The molecule has 1 atom stereocenters. The van der Waals surface area contributed by atoms with E-state index in [4.69, 9.17) is 4.74 Å². The van der Waals surface area contributed by atoms with Crippen LogP contribution >= 0.6 is 0 Å². The Morgan fingerprint density at radius 1 is 1.00 bits per heavy atom. The van der Waals surface area contributed by atoms with Gasteiger partial charge in [-0.1, -0.05) is 42.5 Å². The Morgan fingerprint density at radius 3 is 2.34 bits per heavy atom. The second kappa shape index (κ2) is 9.89. The summed E-state index contributed by atoms with van der Waals surface area (Å²) in [5.74, 6) is -0.859. The second-order valence-corrected chi connectivity index (χ2v) is 7.98. The number of ether oxygens (including phenoxy) is 1. The molecular formula is C25H27N3O4. The van der Waals surface area contributed by atoms with Gasteiger partial charge >= 0.3 is 5.97 Å². The van der Waals surface area contributed by atoms with E-state index in [1.54, 1.807) is 24.3 Å². The van der Waals surface area contributed by atoms with Crippen molar-refractivity contribution in [1.29, 1.82) is 0 Å². The molecule has 32 heavy (non-hydrogen) atoms. The molecule has 1 unspecified atom stereocenters. The van der Waals surface area contributed by atoms with Crippen molar-refractivity contribution >= 4 is 29.5 Å². The maximum Gasteiger partial charge on any atom is 0.337 e. The van der Waals surface area contributed by atoms with Gasteiger partial charge in [-0.25, -0.2) is 9.69 Å². The van der Waals surface area contributed by atoms with E-state index in [0.29, 0.717) is 11.3 Å². The van der Waals surface area contributed by atoms with Gasteiger partial charge in [0.25, 0.3) is 5.91 Å². The summed E-state index contributed by atoms with van der Waals surface area (Å²) in [5, 5.41) is 0. The molecule has 7 heteroatoms. The highest BCUT2D eigenvalue weighted by atomic mass is 16.5. The Morgan fingerprint density at radius 2 is 1.69 bits per heavy atom. The molecule has 0 aliphatic carbocycles. The molecule has 0 radical (unpaired) electrons. The zero-order valence-electron chi connectivity index (χ0n) is 18.1. The molecule has 2 heterocycles. The van der Waals surface area contributed by atoms with Crippen molar-refractivity contribution in [3.63, 3.8) is 0 Å². The van der Waals surface area contributed by atoms with Crippen molar-refractivity contribution in [2.24, 2.45) is 0 Å². The SMILES string of the molecule is COC(=O)c1ccc(N2C(=O)CC(N3CCN(C/C=C/c4ccccc4)CC3)C2=O)cc1. The largest absolute Gasteiger partial charge is 0.465 e. The number of piperazine rings is 1. The van der Waals surface area contributed by atoms with Gasteiger partial charge in [-0.3, -0.25) is 19.4 Å². The lowest BCUT2D eigenvalue weighted by Crippen LogP contribution is -2.52. The molecule has 0 aromatic heterocycles.